The summed E-state index contributed by atoms with van der Waals surface area (Å²) in [7, 11) is 1.57. The number of carbonyl (C=O) groups is 2. The SMILES string of the molecule is CNC(=O)c1cccc(NC(=O)[C@@H](N)C(C)(C)C)c1C. The highest BCUT2D eigenvalue weighted by Crippen LogP contribution is 2.22. The maximum absolute atomic E-state index is 12.1. The highest BCUT2D eigenvalue weighted by atomic mass is 16.2. The van der Waals surface area contributed by atoms with Crippen LogP contribution in [-0.4, -0.2) is 24.9 Å². The highest BCUT2D eigenvalue weighted by Gasteiger charge is 2.27. The Bertz CT molecular complexity index is 518. The van der Waals surface area contributed by atoms with Crippen molar-refractivity contribution in [3.05, 3.63) is 29.3 Å². The van der Waals surface area contributed by atoms with E-state index in [2.05, 4.69) is 10.6 Å². The van der Waals surface area contributed by atoms with Crippen LogP contribution in [0.15, 0.2) is 18.2 Å². The van der Waals surface area contributed by atoms with Gasteiger partial charge in [0.25, 0.3) is 5.91 Å². The minimum absolute atomic E-state index is 0.182. The third-order valence-electron chi connectivity index (χ3n) is 3.28. The lowest BCUT2D eigenvalue weighted by Crippen LogP contribution is -2.45. The molecule has 0 unspecified atom stereocenters. The van der Waals surface area contributed by atoms with Crippen molar-refractivity contribution in [2.45, 2.75) is 33.7 Å². The predicted octanol–water partition coefficient (Wildman–Crippen LogP) is 1.67. The maximum Gasteiger partial charge on any atom is 0.251 e. The van der Waals surface area contributed by atoms with Crippen molar-refractivity contribution in [1.29, 1.82) is 0 Å². The van der Waals surface area contributed by atoms with Crippen LogP contribution in [0.4, 0.5) is 5.69 Å². The molecule has 5 heteroatoms. The van der Waals surface area contributed by atoms with Crippen LogP contribution in [0.1, 0.15) is 36.7 Å². The number of nitrogens with one attached hydrogen (secondary N) is 2. The van der Waals surface area contributed by atoms with E-state index in [9.17, 15) is 9.59 Å². The minimum atomic E-state index is -0.620. The van der Waals surface area contributed by atoms with Crippen LogP contribution in [0, 0.1) is 12.3 Å². The molecule has 0 aliphatic carbocycles. The standard InChI is InChI=1S/C15H23N3O2/c1-9-10(13(19)17-5)7-6-8-11(9)18-14(20)12(16)15(2,3)4/h6-8,12H,16H2,1-5H3,(H,17,19)(H,18,20)/t12-/m1/s1. The Kier molecular flexibility index (Phi) is 4.89. The second-order valence-corrected chi connectivity index (χ2v) is 5.89. The van der Waals surface area contributed by atoms with Crippen LogP contribution in [0.2, 0.25) is 0 Å². The molecule has 0 aliphatic rings. The molecule has 0 aliphatic heterocycles. The zero-order valence-electron chi connectivity index (χ0n) is 12.7. The van der Waals surface area contributed by atoms with Crippen molar-refractivity contribution >= 4 is 17.5 Å². The number of benzene rings is 1. The monoisotopic (exact) mass is 277 g/mol. The normalized spacial score (nSPS) is 12.7. The summed E-state index contributed by atoms with van der Waals surface area (Å²) in [6.07, 6.45) is 0. The number of rotatable bonds is 3. The molecule has 1 aromatic rings. The van der Waals surface area contributed by atoms with Gasteiger partial charge in [-0.1, -0.05) is 26.8 Å². The number of hydrogen-bond acceptors (Lipinski definition) is 3. The van der Waals surface area contributed by atoms with E-state index in [1.54, 1.807) is 32.2 Å². The molecule has 0 spiro atoms. The third-order valence-corrected chi connectivity index (χ3v) is 3.28. The fraction of sp³-hybridized carbons (Fsp3) is 0.467. The van der Waals surface area contributed by atoms with Gasteiger partial charge in [0.2, 0.25) is 5.91 Å². The quantitative estimate of drug-likeness (QED) is 0.785. The number of hydrogen-bond donors (Lipinski definition) is 3. The zero-order valence-corrected chi connectivity index (χ0v) is 12.7. The number of nitrogens with two attached hydrogens (primary N) is 1. The van der Waals surface area contributed by atoms with E-state index >= 15 is 0 Å². The Hall–Kier alpha value is -1.88. The second-order valence-electron chi connectivity index (χ2n) is 5.89. The van der Waals surface area contributed by atoms with Crippen LogP contribution in [0.25, 0.3) is 0 Å². The van der Waals surface area contributed by atoms with Gasteiger partial charge in [-0.15, -0.1) is 0 Å². The molecule has 4 N–H and O–H groups in total. The van der Waals surface area contributed by atoms with Crippen molar-refractivity contribution in [1.82, 2.24) is 5.32 Å². The molecule has 0 fully saturated rings. The minimum Gasteiger partial charge on any atom is -0.355 e. The van der Waals surface area contributed by atoms with Gasteiger partial charge in [-0.05, 0) is 30.0 Å². The smallest absolute Gasteiger partial charge is 0.251 e. The highest BCUT2D eigenvalue weighted by molar-refractivity contribution is 6.00. The van der Waals surface area contributed by atoms with Crippen molar-refractivity contribution in [2.24, 2.45) is 11.1 Å². The molecule has 0 saturated carbocycles. The van der Waals surface area contributed by atoms with Crippen LogP contribution in [0.3, 0.4) is 0 Å². The number of amides is 2. The third kappa shape index (κ3) is 3.57. The van der Waals surface area contributed by atoms with E-state index in [0.717, 1.165) is 5.56 Å². The molecule has 0 saturated heterocycles. The molecule has 0 aromatic heterocycles. The molecular formula is C15H23N3O2. The first-order valence-electron chi connectivity index (χ1n) is 6.56. The summed E-state index contributed by atoms with van der Waals surface area (Å²) in [5, 5.41) is 5.37. The lowest BCUT2D eigenvalue weighted by molar-refractivity contribution is -0.119. The van der Waals surface area contributed by atoms with E-state index in [4.69, 9.17) is 5.73 Å². The van der Waals surface area contributed by atoms with Gasteiger partial charge >= 0.3 is 0 Å². The van der Waals surface area contributed by atoms with Gasteiger partial charge in [-0.25, -0.2) is 0 Å². The van der Waals surface area contributed by atoms with Gasteiger partial charge < -0.3 is 16.4 Å². The van der Waals surface area contributed by atoms with Gasteiger partial charge in [-0.3, -0.25) is 9.59 Å². The molecular weight excluding hydrogens is 254 g/mol. The fourth-order valence-electron chi connectivity index (χ4n) is 1.76. The first-order valence-corrected chi connectivity index (χ1v) is 6.56. The number of anilines is 1. The average molecular weight is 277 g/mol. The van der Waals surface area contributed by atoms with Gasteiger partial charge in [0.15, 0.2) is 0 Å². The van der Waals surface area contributed by atoms with Crippen molar-refractivity contribution in [3.8, 4) is 0 Å². The van der Waals surface area contributed by atoms with Crippen molar-refractivity contribution in [3.63, 3.8) is 0 Å². The molecule has 110 valence electrons. The largest absolute Gasteiger partial charge is 0.355 e. The molecule has 2 amide bonds. The van der Waals surface area contributed by atoms with Crippen LogP contribution >= 0.6 is 0 Å². The first-order chi connectivity index (χ1) is 9.18. The van der Waals surface area contributed by atoms with Crippen molar-refractivity contribution in [2.75, 3.05) is 12.4 Å². The summed E-state index contributed by atoms with van der Waals surface area (Å²) in [6, 6.07) is 4.59. The van der Waals surface area contributed by atoms with Crippen LogP contribution in [0.5, 0.6) is 0 Å². The molecule has 5 nitrogen and oxygen atoms in total. The second kappa shape index (κ2) is 6.05. The average Bonchev–Trinajstić information content (AvgIpc) is 2.38. The maximum atomic E-state index is 12.1. The molecule has 1 aromatic carbocycles. The molecule has 0 heterocycles. The lowest BCUT2D eigenvalue weighted by atomic mass is 9.87. The van der Waals surface area contributed by atoms with E-state index in [0.29, 0.717) is 11.3 Å². The molecule has 1 rings (SSSR count). The topological polar surface area (TPSA) is 84.2 Å². The lowest BCUT2D eigenvalue weighted by Gasteiger charge is -2.26. The predicted molar refractivity (Wildman–Crippen MR) is 80.6 cm³/mol. The van der Waals surface area contributed by atoms with Crippen LogP contribution < -0.4 is 16.4 Å². The summed E-state index contributed by atoms with van der Waals surface area (Å²) < 4.78 is 0. The van der Waals surface area contributed by atoms with Crippen molar-refractivity contribution < 1.29 is 9.59 Å². The Labute approximate surface area is 119 Å². The van der Waals surface area contributed by atoms with Gasteiger partial charge in [0.05, 0.1) is 6.04 Å². The summed E-state index contributed by atoms with van der Waals surface area (Å²) in [6.45, 7) is 7.52. The van der Waals surface area contributed by atoms with E-state index in [-0.39, 0.29) is 17.2 Å². The van der Waals surface area contributed by atoms with E-state index < -0.39 is 6.04 Å². The van der Waals surface area contributed by atoms with Gasteiger partial charge in [-0.2, -0.15) is 0 Å². The van der Waals surface area contributed by atoms with Crippen LogP contribution in [-0.2, 0) is 4.79 Å². The van der Waals surface area contributed by atoms with E-state index in [1.807, 2.05) is 20.8 Å². The Morgan fingerprint density at radius 1 is 1.25 bits per heavy atom. The molecule has 1 atom stereocenters. The van der Waals surface area contributed by atoms with Gasteiger partial charge in [0.1, 0.15) is 0 Å². The fourth-order valence-corrected chi connectivity index (χ4v) is 1.76. The Balaban J connectivity index is 3.00. The Morgan fingerprint density at radius 2 is 1.85 bits per heavy atom. The first kappa shape index (κ1) is 16.2. The zero-order chi connectivity index (χ0) is 15.5. The number of carbonyl (C=O) groups excluding carboxylic acids is 2. The van der Waals surface area contributed by atoms with Gasteiger partial charge in [0, 0.05) is 18.3 Å². The summed E-state index contributed by atoms with van der Waals surface area (Å²) in [5.74, 6) is -0.437. The van der Waals surface area contributed by atoms with E-state index in [1.165, 1.54) is 0 Å². The molecule has 20 heavy (non-hydrogen) atoms. The molecule has 0 radical (unpaired) electrons. The molecule has 0 bridgehead atoms. The summed E-state index contributed by atoms with van der Waals surface area (Å²) in [4.78, 5) is 23.8. The summed E-state index contributed by atoms with van der Waals surface area (Å²) in [5.41, 5.74) is 7.47. The Morgan fingerprint density at radius 3 is 2.35 bits per heavy atom. The summed E-state index contributed by atoms with van der Waals surface area (Å²) >= 11 is 0.